The molecule has 2 aromatic rings. The van der Waals surface area contributed by atoms with E-state index < -0.39 is 0 Å². The molecule has 1 unspecified atom stereocenters. The molecule has 0 aliphatic carbocycles. The first kappa shape index (κ1) is 16.1. The first-order valence-electron chi connectivity index (χ1n) is 7.71. The van der Waals surface area contributed by atoms with Crippen molar-refractivity contribution < 1.29 is 4.74 Å². The third kappa shape index (κ3) is 4.91. The van der Waals surface area contributed by atoms with E-state index in [0.29, 0.717) is 13.0 Å². The minimum Gasteiger partial charge on any atom is -0.486 e. The summed E-state index contributed by atoms with van der Waals surface area (Å²) in [6, 6.07) is 20.2. The lowest BCUT2D eigenvalue weighted by Crippen LogP contribution is -2.09. The van der Waals surface area contributed by atoms with Crippen LogP contribution in [0, 0.1) is 11.3 Å². The lowest BCUT2D eigenvalue weighted by atomic mass is 10.0. The molecule has 0 saturated carbocycles. The molecule has 0 aromatic heterocycles. The van der Waals surface area contributed by atoms with Crippen LogP contribution in [0.25, 0.3) is 0 Å². The van der Waals surface area contributed by atoms with E-state index in [2.05, 4.69) is 18.2 Å². The zero-order chi connectivity index (χ0) is 15.6. The van der Waals surface area contributed by atoms with Gasteiger partial charge in [0, 0.05) is 0 Å². The second kappa shape index (κ2) is 8.86. The van der Waals surface area contributed by atoms with E-state index in [4.69, 9.17) is 15.7 Å². The van der Waals surface area contributed by atoms with Crippen molar-refractivity contribution in [2.75, 3.05) is 6.54 Å². The smallest absolute Gasteiger partial charge is 0.124 e. The molecule has 2 N–H and O–H groups in total. The lowest BCUT2D eigenvalue weighted by Gasteiger charge is -2.20. The highest BCUT2D eigenvalue weighted by atomic mass is 16.5. The molecular formula is C19H22N2O. The first-order chi connectivity index (χ1) is 10.8. The Kier molecular flexibility index (Phi) is 6.47. The molecule has 3 nitrogen and oxygen atoms in total. The van der Waals surface area contributed by atoms with Crippen molar-refractivity contribution in [3.63, 3.8) is 0 Å². The molecule has 0 fully saturated rings. The standard InChI is InChI=1S/C19H22N2O/c20-14-5-4-8-19(17-6-2-1-3-7-17)22-18-11-9-16(10-12-18)13-15-21/h1-3,6-7,9-12,19H,4-5,8,13-14,20H2. The number of benzene rings is 2. The van der Waals surface area contributed by atoms with E-state index in [1.54, 1.807) is 0 Å². The summed E-state index contributed by atoms with van der Waals surface area (Å²) in [5, 5.41) is 8.71. The summed E-state index contributed by atoms with van der Waals surface area (Å²) in [6.45, 7) is 0.713. The van der Waals surface area contributed by atoms with E-state index in [1.807, 2.05) is 42.5 Å². The van der Waals surface area contributed by atoms with Crippen molar-refractivity contribution in [1.82, 2.24) is 0 Å². The van der Waals surface area contributed by atoms with E-state index in [0.717, 1.165) is 30.6 Å². The van der Waals surface area contributed by atoms with Gasteiger partial charge in [-0.3, -0.25) is 0 Å². The summed E-state index contributed by atoms with van der Waals surface area (Å²) in [7, 11) is 0. The fourth-order valence-electron chi connectivity index (χ4n) is 2.38. The predicted molar refractivity (Wildman–Crippen MR) is 88.5 cm³/mol. The number of nitrogens with zero attached hydrogens (tertiary/aromatic N) is 1. The van der Waals surface area contributed by atoms with Gasteiger partial charge in [0.2, 0.25) is 0 Å². The van der Waals surface area contributed by atoms with Crippen LogP contribution in [0.1, 0.15) is 36.5 Å². The second-order valence-corrected chi connectivity index (χ2v) is 5.28. The number of nitriles is 1. The van der Waals surface area contributed by atoms with Crippen LogP contribution in [0.3, 0.4) is 0 Å². The normalized spacial score (nSPS) is 11.6. The maximum Gasteiger partial charge on any atom is 0.124 e. The van der Waals surface area contributed by atoms with Gasteiger partial charge < -0.3 is 10.5 Å². The number of hydrogen-bond acceptors (Lipinski definition) is 3. The van der Waals surface area contributed by atoms with Gasteiger partial charge in [0.25, 0.3) is 0 Å². The summed E-state index contributed by atoms with van der Waals surface area (Å²) < 4.78 is 6.16. The Morgan fingerprint density at radius 3 is 2.36 bits per heavy atom. The molecule has 0 aliphatic heterocycles. The molecule has 0 spiro atoms. The highest BCUT2D eigenvalue weighted by molar-refractivity contribution is 5.30. The number of hydrogen-bond donors (Lipinski definition) is 1. The van der Waals surface area contributed by atoms with Gasteiger partial charge in [-0.05, 0) is 49.1 Å². The molecule has 0 saturated heterocycles. The van der Waals surface area contributed by atoms with Crippen molar-refractivity contribution in [1.29, 1.82) is 5.26 Å². The van der Waals surface area contributed by atoms with Gasteiger partial charge in [-0.15, -0.1) is 0 Å². The fourth-order valence-corrected chi connectivity index (χ4v) is 2.38. The maximum atomic E-state index is 8.71. The lowest BCUT2D eigenvalue weighted by molar-refractivity contribution is 0.191. The van der Waals surface area contributed by atoms with Crippen LogP contribution in [0.15, 0.2) is 54.6 Å². The number of unbranched alkanes of at least 4 members (excludes halogenated alkanes) is 1. The summed E-state index contributed by atoms with van der Waals surface area (Å²) in [5.41, 5.74) is 7.77. The summed E-state index contributed by atoms with van der Waals surface area (Å²) in [6.07, 6.45) is 3.46. The van der Waals surface area contributed by atoms with Crippen LogP contribution in [0.4, 0.5) is 0 Å². The SMILES string of the molecule is N#CCc1ccc(OC(CCCCN)c2ccccc2)cc1. The minimum absolute atomic E-state index is 0.0366. The third-order valence-corrected chi connectivity index (χ3v) is 3.58. The molecule has 3 heteroatoms. The van der Waals surface area contributed by atoms with Gasteiger partial charge in [-0.1, -0.05) is 42.5 Å². The zero-order valence-electron chi connectivity index (χ0n) is 12.7. The van der Waals surface area contributed by atoms with Gasteiger partial charge in [-0.25, -0.2) is 0 Å². The fraction of sp³-hybridized carbons (Fsp3) is 0.316. The molecule has 0 aliphatic rings. The molecule has 0 amide bonds. The molecule has 0 heterocycles. The van der Waals surface area contributed by atoms with Crippen LogP contribution in [-0.4, -0.2) is 6.54 Å². The summed E-state index contributed by atoms with van der Waals surface area (Å²) >= 11 is 0. The Hall–Kier alpha value is -2.31. The summed E-state index contributed by atoms with van der Waals surface area (Å²) in [5.74, 6) is 0.836. The van der Waals surface area contributed by atoms with Crippen LogP contribution < -0.4 is 10.5 Å². The van der Waals surface area contributed by atoms with Crippen molar-refractivity contribution in [3.05, 3.63) is 65.7 Å². The van der Waals surface area contributed by atoms with E-state index in [9.17, 15) is 0 Å². The topological polar surface area (TPSA) is 59.0 Å². The molecule has 2 aromatic carbocycles. The molecule has 114 valence electrons. The van der Waals surface area contributed by atoms with Crippen molar-refractivity contribution in [2.45, 2.75) is 31.8 Å². The Bertz CT molecular complexity index is 587. The number of nitrogens with two attached hydrogens (primary N) is 1. The van der Waals surface area contributed by atoms with Gasteiger partial charge in [0.05, 0.1) is 12.5 Å². The van der Waals surface area contributed by atoms with Gasteiger partial charge >= 0.3 is 0 Å². The van der Waals surface area contributed by atoms with Crippen molar-refractivity contribution in [2.24, 2.45) is 5.73 Å². The first-order valence-corrected chi connectivity index (χ1v) is 7.71. The second-order valence-electron chi connectivity index (χ2n) is 5.28. The predicted octanol–water partition coefficient (Wildman–Crippen LogP) is 4.00. The molecular weight excluding hydrogens is 272 g/mol. The quantitative estimate of drug-likeness (QED) is 0.748. The molecule has 1 atom stereocenters. The molecule has 2 rings (SSSR count). The number of ether oxygens (including phenoxy) is 1. The Balaban J connectivity index is 2.06. The molecule has 0 radical (unpaired) electrons. The molecule has 22 heavy (non-hydrogen) atoms. The minimum atomic E-state index is 0.0366. The third-order valence-electron chi connectivity index (χ3n) is 3.58. The van der Waals surface area contributed by atoms with Gasteiger partial charge in [-0.2, -0.15) is 5.26 Å². The van der Waals surface area contributed by atoms with Crippen molar-refractivity contribution >= 4 is 0 Å². The van der Waals surface area contributed by atoms with Gasteiger partial charge in [0.1, 0.15) is 11.9 Å². The van der Waals surface area contributed by atoms with Crippen LogP contribution in [0.2, 0.25) is 0 Å². The van der Waals surface area contributed by atoms with Crippen LogP contribution in [0.5, 0.6) is 5.75 Å². The zero-order valence-corrected chi connectivity index (χ0v) is 12.7. The number of rotatable bonds is 8. The van der Waals surface area contributed by atoms with Crippen molar-refractivity contribution in [3.8, 4) is 11.8 Å². The average Bonchev–Trinajstić information content (AvgIpc) is 2.57. The summed E-state index contributed by atoms with van der Waals surface area (Å²) in [4.78, 5) is 0. The monoisotopic (exact) mass is 294 g/mol. The van der Waals surface area contributed by atoms with Gasteiger partial charge in [0.15, 0.2) is 0 Å². The Morgan fingerprint density at radius 1 is 1.00 bits per heavy atom. The Morgan fingerprint density at radius 2 is 1.73 bits per heavy atom. The Labute approximate surface area is 132 Å². The van der Waals surface area contributed by atoms with Crippen LogP contribution in [-0.2, 0) is 6.42 Å². The average molecular weight is 294 g/mol. The van der Waals surface area contributed by atoms with Crippen LogP contribution >= 0.6 is 0 Å². The van der Waals surface area contributed by atoms with E-state index >= 15 is 0 Å². The largest absolute Gasteiger partial charge is 0.486 e. The highest BCUT2D eigenvalue weighted by Gasteiger charge is 2.12. The van der Waals surface area contributed by atoms with E-state index in [1.165, 1.54) is 5.56 Å². The van der Waals surface area contributed by atoms with E-state index in [-0.39, 0.29) is 6.10 Å². The molecule has 0 bridgehead atoms. The highest BCUT2D eigenvalue weighted by Crippen LogP contribution is 2.26. The maximum absolute atomic E-state index is 8.71.